The summed E-state index contributed by atoms with van der Waals surface area (Å²) in [5.41, 5.74) is 1.45. The first-order chi connectivity index (χ1) is 12.1. The van der Waals surface area contributed by atoms with Crippen LogP contribution in [0.3, 0.4) is 0 Å². The zero-order valence-corrected chi connectivity index (χ0v) is 16.3. The zero-order chi connectivity index (χ0) is 19.5. The predicted octanol–water partition coefficient (Wildman–Crippen LogP) is 4.06. The molecule has 3 amide bonds. The molecule has 1 heterocycles. The number of hydrogen-bond acceptors (Lipinski definition) is 4. The van der Waals surface area contributed by atoms with Crippen LogP contribution in [0.1, 0.15) is 38.8 Å². The molecule has 0 aliphatic carbocycles. The lowest BCUT2D eigenvalue weighted by atomic mass is 10.1. The summed E-state index contributed by atoms with van der Waals surface area (Å²) in [5, 5.41) is 8.96. The summed E-state index contributed by atoms with van der Waals surface area (Å²) in [6.07, 6.45) is 1.56. The van der Waals surface area contributed by atoms with E-state index in [0.717, 1.165) is 28.6 Å². The number of amides is 3. The van der Waals surface area contributed by atoms with Gasteiger partial charge in [0, 0.05) is 18.6 Å². The fourth-order valence-electron chi connectivity index (χ4n) is 2.61. The van der Waals surface area contributed by atoms with Gasteiger partial charge in [0.1, 0.15) is 0 Å². The van der Waals surface area contributed by atoms with E-state index in [0.29, 0.717) is 4.91 Å². The SMILES string of the molecule is CCc1ccc(C=C2SC(=O)N(CCN(C(=O)O)C(C)(C)C)C2=O)cc1. The minimum Gasteiger partial charge on any atom is -0.465 e. The van der Waals surface area contributed by atoms with Crippen LogP contribution in [-0.2, 0) is 11.2 Å². The molecule has 0 aromatic heterocycles. The fourth-order valence-corrected chi connectivity index (χ4v) is 3.48. The van der Waals surface area contributed by atoms with E-state index in [9.17, 15) is 19.5 Å². The molecule has 1 aromatic rings. The van der Waals surface area contributed by atoms with Gasteiger partial charge in [0.05, 0.1) is 4.91 Å². The number of thioether (sulfide) groups is 1. The zero-order valence-electron chi connectivity index (χ0n) is 15.5. The molecule has 2 rings (SSSR count). The fraction of sp³-hybridized carbons (Fsp3) is 0.421. The molecule has 26 heavy (non-hydrogen) atoms. The second-order valence-corrected chi connectivity index (χ2v) is 8.03. The van der Waals surface area contributed by atoms with Crippen LogP contribution in [0.2, 0.25) is 0 Å². The molecule has 1 aliphatic heterocycles. The van der Waals surface area contributed by atoms with E-state index in [1.54, 1.807) is 26.8 Å². The molecular formula is C19H24N2O4S. The lowest BCUT2D eigenvalue weighted by Crippen LogP contribution is -2.48. The Bertz CT molecular complexity index is 735. The molecule has 7 heteroatoms. The Labute approximate surface area is 157 Å². The second kappa shape index (κ2) is 7.95. The van der Waals surface area contributed by atoms with E-state index in [1.165, 1.54) is 10.5 Å². The third-order valence-electron chi connectivity index (χ3n) is 4.15. The Morgan fingerprint density at radius 3 is 2.35 bits per heavy atom. The third-order valence-corrected chi connectivity index (χ3v) is 5.05. The van der Waals surface area contributed by atoms with Crippen molar-refractivity contribution < 1.29 is 19.5 Å². The van der Waals surface area contributed by atoms with Gasteiger partial charge in [-0.2, -0.15) is 0 Å². The van der Waals surface area contributed by atoms with Crippen molar-refractivity contribution in [1.29, 1.82) is 0 Å². The average molecular weight is 376 g/mol. The average Bonchev–Trinajstić information content (AvgIpc) is 2.81. The Kier molecular flexibility index (Phi) is 6.13. The van der Waals surface area contributed by atoms with Crippen molar-refractivity contribution in [2.24, 2.45) is 0 Å². The summed E-state index contributed by atoms with van der Waals surface area (Å²) in [5.74, 6) is -0.376. The maximum atomic E-state index is 12.5. The molecule has 0 unspecified atom stereocenters. The highest BCUT2D eigenvalue weighted by atomic mass is 32.2. The first-order valence-corrected chi connectivity index (χ1v) is 9.30. The minimum atomic E-state index is -1.07. The van der Waals surface area contributed by atoms with E-state index in [4.69, 9.17) is 0 Å². The summed E-state index contributed by atoms with van der Waals surface area (Å²) in [4.78, 5) is 38.8. The molecule has 140 valence electrons. The second-order valence-electron chi connectivity index (χ2n) is 7.03. The van der Waals surface area contributed by atoms with Gasteiger partial charge in [-0.3, -0.25) is 14.5 Å². The van der Waals surface area contributed by atoms with Gasteiger partial charge in [0.15, 0.2) is 0 Å². The maximum absolute atomic E-state index is 12.5. The van der Waals surface area contributed by atoms with E-state index in [-0.39, 0.29) is 24.2 Å². The number of rotatable bonds is 5. The summed E-state index contributed by atoms with van der Waals surface area (Å²) in [7, 11) is 0. The quantitative estimate of drug-likeness (QED) is 0.784. The Balaban J connectivity index is 2.10. The van der Waals surface area contributed by atoms with Crippen molar-refractivity contribution in [2.45, 2.75) is 39.7 Å². The lowest BCUT2D eigenvalue weighted by Gasteiger charge is -2.33. The minimum absolute atomic E-state index is 0.0420. The molecule has 6 nitrogen and oxygen atoms in total. The molecule has 1 saturated heterocycles. The number of hydrogen-bond donors (Lipinski definition) is 1. The van der Waals surface area contributed by atoms with Crippen LogP contribution in [-0.4, -0.2) is 50.8 Å². The van der Waals surface area contributed by atoms with Gasteiger partial charge in [-0.05, 0) is 56.2 Å². The van der Waals surface area contributed by atoms with Crippen LogP contribution in [0.15, 0.2) is 29.2 Å². The highest BCUT2D eigenvalue weighted by Gasteiger charge is 2.36. The molecule has 1 aromatic carbocycles. The smallest absolute Gasteiger partial charge is 0.407 e. The van der Waals surface area contributed by atoms with Crippen LogP contribution in [0.5, 0.6) is 0 Å². The molecule has 0 atom stereocenters. The molecule has 1 N–H and O–H groups in total. The normalized spacial score (nSPS) is 16.5. The van der Waals surface area contributed by atoms with E-state index >= 15 is 0 Å². The van der Waals surface area contributed by atoms with Crippen molar-refractivity contribution in [3.63, 3.8) is 0 Å². The van der Waals surface area contributed by atoms with Crippen LogP contribution in [0, 0.1) is 0 Å². The standard InChI is InChI=1S/C19H24N2O4S/c1-5-13-6-8-14(9-7-13)12-15-16(22)20(18(25)26-15)10-11-21(17(23)24)19(2,3)4/h6-9,12H,5,10-11H2,1-4H3,(H,23,24). The Morgan fingerprint density at radius 2 is 1.85 bits per heavy atom. The predicted molar refractivity (Wildman–Crippen MR) is 103 cm³/mol. The first-order valence-electron chi connectivity index (χ1n) is 8.48. The highest BCUT2D eigenvalue weighted by Crippen LogP contribution is 2.32. The molecule has 1 aliphatic rings. The topological polar surface area (TPSA) is 77.9 Å². The van der Waals surface area contributed by atoms with E-state index in [2.05, 4.69) is 6.92 Å². The van der Waals surface area contributed by atoms with E-state index < -0.39 is 11.6 Å². The summed E-state index contributed by atoms with van der Waals surface area (Å²) < 4.78 is 0. The number of benzene rings is 1. The molecule has 0 bridgehead atoms. The number of imide groups is 1. The van der Waals surface area contributed by atoms with Crippen molar-refractivity contribution in [1.82, 2.24) is 9.80 Å². The van der Waals surface area contributed by atoms with Crippen molar-refractivity contribution in [3.05, 3.63) is 40.3 Å². The molecule has 1 fully saturated rings. The van der Waals surface area contributed by atoms with Crippen LogP contribution < -0.4 is 0 Å². The van der Waals surface area contributed by atoms with Crippen molar-refractivity contribution in [3.8, 4) is 0 Å². The summed E-state index contributed by atoms with van der Waals surface area (Å²) >= 11 is 0.887. The number of nitrogens with zero attached hydrogens (tertiary/aromatic N) is 2. The van der Waals surface area contributed by atoms with Crippen LogP contribution in [0.25, 0.3) is 6.08 Å². The van der Waals surface area contributed by atoms with Gasteiger partial charge in [-0.25, -0.2) is 4.79 Å². The monoisotopic (exact) mass is 376 g/mol. The summed E-state index contributed by atoms with van der Waals surface area (Å²) in [6.45, 7) is 7.51. The van der Waals surface area contributed by atoms with Gasteiger partial charge in [-0.1, -0.05) is 31.2 Å². The Morgan fingerprint density at radius 1 is 1.23 bits per heavy atom. The lowest BCUT2D eigenvalue weighted by molar-refractivity contribution is -0.123. The van der Waals surface area contributed by atoms with Gasteiger partial charge in [0.2, 0.25) is 0 Å². The van der Waals surface area contributed by atoms with Gasteiger partial charge in [0.25, 0.3) is 11.1 Å². The molecular weight excluding hydrogens is 352 g/mol. The third kappa shape index (κ3) is 4.66. The number of carbonyl (C=O) groups excluding carboxylic acids is 2. The molecule has 0 radical (unpaired) electrons. The van der Waals surface area contributed by atoms with Crippen LogP contribution in [0.4, 0.5) is 9.59 Å². The number of carbonyl (C=O) groups is 3. The molecule has 0 saturated carbocycles. The largest absolute Gasteiger partial charge is 0.465 e. The number of carboxylic acid groups (broad SMARTS) is 1. The van der Waals surface area contributed by atoms with Gasteiger partial charge < -0.3 is 10.0 Å². The number of aryl methyl sites for hydroxylation is 1. The Hall–Kier alpha value is -2.28. The van der Waals surface area contributed by atoms with Gasteiger partial charge >= 0.3 is 6.09 Å². The van der Waals surface area contributed by atoms with Gasteiger partial charge in [-0.15, -0.1) is 0 Å². The van der Waals surface area contributed by atoms with Crippen molar-refractivity contribution >= 4 is 35.1 Å². The maximum Gasteiger partial charge on any atom is 0.407 e. The summed E-state index contributed by atoms with van der Waals surface area (Å²) in [6, 6.07) is 7.81. The first kappa shape index (κ1) is 20.0. The molecule has 0 spiro atoms. The highest BCUT2D eigenvalue weighted by molar-refractivity contribution is 8.18. The van der Waals surface area contributed by atoms with Crippen molar-refractivity contribution in [2.75, 3.05) is 13.1 Å². The van der Waals surface area contributed by atoms with Crippen LogP contribution >= 0.6 is 11.8 Å². The van der Waals surface area contributed by atoms with E-state index in [1.807, 2.05) is 24.3 Å².